The molecule has 3 aromatic rings. The van der Waals surface area contributed by atoms with E-state index >= 15 is 0 Å². The molecule has 2 aromatic heterocycles. The second kappa shape index (κ2) is 7.77. The third-order valence-corrected chi connectivity index (χ3v) is 4.55. The number of thiazole rings is 1. The smallest absolute Gasteiger partial charge is 0.273 e. The van der Waals surface area contributed by atoms with Crippen molar-refractivity contribution < 1.29 is 9.21 Å². The molecule has 0 radical (unpaired) electrons. The number of carbonyl (C=O) groups excluding carboxylic acids is 1. The van der Waals surface area contributed by atoms with Crippen molar-refractivity contribution in [3.8, 4) is 16.8 Å². The Morgan fingerprint density at radius 1 is 1.32 bits per heavy atom. The van der Waals surface area contributed by atoms with E-state index in [-0.39, 0.29) is 5.91 Å². The highest BCUT2D eigenvalue weighted by molar-refractivity contribution is 7.13. The Bertz CT molecular complexity index is 876. The largest absolute Gasteiger partial charge is 0.462 e. The second-order valence-electron chi connectivity index (χ2n) is 5.55. The van der Waals surface area contributed by atoms with E-state index in [9.17, 15) is 4.79 Å². The number of carbonyl (C=O) groups is 1. The highest BCUT2D eigenvalue weighted by atomic mass is 32.1. The number of hydrogen-bond acceptors (Lipinski definition) is 5. The second-order valence-corrected chi connectivity index (χ2v) is 6.41. The molecule has 1 amide bonds. The number of furan rings is 1. The van der Waals surface area contributed by atoms with Crippen LogP contribution >= 0.6 is 11.3 Å². The van der Waals surface area contributed by atoms with Crippen LogP contribution in [0.4, 0.5) is 0 Å². The molecule has 0 N–H and O–H groups in total. The number of nitrogens with zero attached hydrogens (tertiary/aromatic N) is 3. The SMILES string of the molecule is CCCN(Cc1ccc(C#N)cc1)C(=O)c1csc(-c2ccco2)n1. The van der Waals surface area contributed by atoms with Gasteiger partial charge < -0.3 is 9.32 Å². The van der Waals surface area contributed by atoms with Crippen molar-refractivity contribution >= 4 is 17.2 Å². The Hall–Kier alpha value is -2.91. The number of amides is 1. The lowest BCUT2D eigenvalue weighted by atomic mass is 10.1. The molecule has 0 saturated carbocycles. The minimum atomic E-state index is -0.0970. The minimum absolute atomic E-state index is 0.0970. The monoisotopic (exact) mass is 351 g/mol. The van der Waals surface area contributed by atoms with E-state index in [1.165, 1.54) is 11.3 Å². The van der Waals surface area contributed by atoms with Crippen molar-refractivity contribution in [3.05, 3.63) is 64.9 Å². The maximum absolute atomic E-state index is 12.8. The van der Waals surface area contributed by atoms with E-state index in [2.05, 4.69) is 11.1 Å². The van der Waals surface area contributed by atoms with Gasteiger partial charge in [0.15, 0.2) is 10.8 Å². The molecule has 0 aliphatic rings. The Kier molecular flexibility index (Phi) is 5.26. The average Bonchev–Trinajstić information content (AvgIpc) is 3.32. The van der Waals surface area contributed by atoms with Gasteiger partial charge in [-0.25, -0.2) is 4.98 Å². The molecule has 2 heterocycles. The van der Waals surface area contributed by atoms with Crippen LogP contribution in [0.2, 0.25) is 0 Å². The van der Waals surface area contributed by atoms with Crippen LogP contribution in [0.5, 0.6) is 0 Å². The Balaban J connectivity index is 1.77. The van der Waals surface area contributed by atoms with Gasteiger partial charge in [0.25, 0.3) is 5.91 Å². The molecule has 0 aliphatic carbocycles. The topological polar surface area (TPSA) is 70.1 Å². The summed E-state index contributed by atoms with van der Waals surface area (Å²) < 4.78 is 5.33. The molecule has 0 unspecified atom stereocenters. The van der Waals surface area contributed by atoms with Crippen LogP contribution in [-0.2, 0) is 6.54 Å². The van der Waals surface area contributed by atoms with E-state index in [1.54, 1.807) is 34.7 Å². The lowest BCUT2D eigenvalue weighted by molar-refractivity contribution is 0.0738. The van der Waals surface area contributed by atoms with Gasteiger partial charge in [0.2, 0.25) is 0 Å². The van der Waals surface area contributed by atoms with Crippen LogP contribution in [0.1, 0.15) is 35.0 Å². The van der Waals surface area contributed by atoms with Gasteiger partial charge in [0.05, 0.1) is 17.9 Å². The first-order valence-corrected chi connectivity index (χ1v) is 8.87. The number of aromatic nitrogens is 1. The fraction of sp³-hybridized carbons (Fsp3) is 0.211. The van der Waals surface area contributed by atoms with Crippen molar-refractivity contribution in [2.24, 2.45) is 0 Å². The number of nitriles is 1. The summed E-state index contributed by atoms with van der Waals surface area (Å²) in [5.74, 6) is 0.568. The highest BCUT2D eigenvalue weighted by Crippen LogP contribution is 2.24. The predicted octanol–water partition coefficient (Wildman–Crippen LogP) is 4.33. The molecule has 0 spiro atoms. The Morgan fingerprint density at radius 3 is 2.76 bits per heavy atom. The summed E-state index contributed by atoms with van der Waals surface area (Å²) in [7, 11) is 0. The van der Waals surface area contributed by atoms with Crippen molar-refractivity contribution in [3.63, 3.8) is 0 Å². The molecule has 6 heteroatoms. The van der Waals surface area contributed by atoms with E-state index in [0.29, 0.717) is 35.1 Å². The van der Waals surface area contributed by atoms with Crippen molar-refractivity contribution in [1.29, 1.82) is 5.26 Å². The molecule has 0 bridgehead atoms. The van der Waals surface area contributed by atoms with Gasteiger partial charge in [-0.3, -0.25) is 4.79 Å². The van der Waals surface area contributed by atoms with E-state index in [0.717, 1.165) is 12.0 Å². The fourth-order valence-corrected chi connectivity index (χ4v) is 3.23. The van der Waals surface area contributed by atoms with Gasteiger partial charge in [0, 0.05) is 18.5 Å². The summed E-state index contributed by atoms with van der Waals surface area (Å²) in [4.78, 5) is 19.0. The highest BCUT2D eigenvalue weighted by Gasteiger charge is 2.19. The molecular formula is C19H17N3O2S. The standard InChI is InChI=1S/C19H17N3O2S/c1-2-9-22(12-15-7-5-14(11-20)6-8-15)19(23)16-13-25-18(21-16)17-4-3-10-24-17/h3-8,10,13H,2,9,12H2,1H3. The fourth-order valence-electron chi connectivity index (χ4n) is 2.47. The minimum Gasteiger partial charge on any atom is -0.462 e. The van der Waals surface area contributed by atoms with Gasteiger partial charge >= 0.3 is 0 Å². The van der Waals surface area contributed by atoms with Crippen LogP contribution in [0.3, 0.4) is 0 Å². The molecule has 126 valence electrons. The maximum Gasteiger partial charge on any atom is 0.273 e. The van der Waals surface area contributed by atoms with Crippen molar-refractivity contribution in [2.45, 2.75) is 19.9 Å². The zero-order valence-corrected chi connectivity index (χ0v) is 14.6. The van der Waals surface area contributed by atoms with Crippen LogP contribution in [-0.4, -0.2) is 22.3 Å². The van der Waals surface area contributed by atoms with E-state index in [1.807, 2.05) is 25.1 Å². The average molecular weight is 351 g/mol. The normalized spacial score (nSPS) is 10.4. The Labute approximate surface area is 150 Å². The number of benzene rings is 1. The molecule has 25 heavy (non-hydrogen) atoms. The first-order valence-electron chi connectivity index (χ1n) is 7.99. The molecular weight excluding hydrogens is 334 g/mol. The van der Waals surface area contributed by atoms with E-state index < -0.39 is 0 Å². The molecule has 1 aromatic carbocycles. The lowest BCUT2D eigenvalue weighted by Gasteiger charge is -2.21. The van der Waals surface area contributed by atoms with Gasteiger partial charge in [-0.1, -0.05) is 19.1 Å². The summed E-state index contributed by atoms with van der Waals surface area (Å²) in [5, 5.41) is 11.3. The molecule has 0 saturated heterocycles. The van der Waals surface area contributed by atoms with Crippen LogP contribution in [0.25, 0.3) is 10.8 Å². The molecule has 0 atom stereocenters. The third-order valence-electron chi connectivity index (χ3n) is 3.69. The van der Waals surface area contributed by atoms with Gasteiger partial charge in [-0.15, -0.1) is 11.3 Å². The van der Waals surface area contributed by atoms with Crippen LogP contribution in [0.15, 0.2) is 52.5 Å². The predicted molar refractivity (Wildman–Crippen MR) is 96.0 cm³/mol. The summed E-state index contributed by atoms with van der Waals surface area (Å²) in [5.41, 5.74) is 2.03. The van der Waals surface area contributed by atoms with Crippen molar-refractivity contribution in [2.75, 3.05) is 6.54 Å². The molecule has 3 rings (SSSR count). The zero-order chi connectivity index (χ0) is 17.6. The summed E-state index contributed by atoms with van der Waals surface area (Å²) in [6.07, 6.45) is 2.45. The first-order chi connectivity index (χ1) is 12.2. The third kappa shape index (κ3) is 3.95. The number of rotatable bonds is 6. The van der Waals surface area contributed by atoms with Crippen LogP contribution < -0.4 is 0 Å². The van der Waals surface area contributed by atoms with Crippen LogP contribution in [0, 0.1) is 11.3 Å². The van der Waals surface area contributed by atoms with Gasteiger partial charge in [-0.2, -0.15) is 5.26 Å². The summed E-state index contributed by atoms with van der Waals surface area (Å²) in [6.45, 7) is 3.17. The quantitative estimate of drug-likeness (QED) is 0.663. The van der Waals surface area contributed by atoms with Gasteiger partial charge in [-0.05, 0) is 36.2 Å². The van der Waals surface area contributed by atoms with Gasteiger partial charge in [0.1, 0.15) is 5.69 Å². The van der Waals surface area contributed by atoms with Crippen molar-refractivity contribution in [1.82, 2.24) is 9.88 Å². The lowest BCUT2D eigenvalue weighted by Crippen LogP contribution is -2.31. The maximum atomic E-state index is 12.8. The Morgan fingerprint density at radius 2 is 2.12 bits per heavy atom. The zero-order valence-electron chi connectivity index (χ0n) is 13.8. The molecule has 0 fully saturated rings. The summed E-state index contributed by atoms with van der Waals surface area (Å²) >= 11 is 1.39. The molecule has 5 nitrogen and oxygen atoms in total. The number of hydrogen-bond donors (Lipinski definition) is 0. The first kappa shape index (κ1) is 16.9. The summed E-state index contributed by atoms with van der Waals surface area (Å²) in [6, 6.07) is 13.0. The van der Waals surface area contributed by atoms with E-state index in [4.69, 9.17) is 9.68 Å². The molecule has 0 aliphatic heterocycles.